The van der Waals surface area contributed by atoms with Crippen LogP contribution >= 0.6 is 0 Å². The summed E-state index contributed by atoms with van der Waals surface area (Å²) in [4.78, 5) is 0. The van der Waals surface area contributed by atoms with Crippen molar-refractivity contribution in [2.75, 3.05) is 0 Å². The van der Waals surface area contributed by atoms with Crippen LogP contribution in [0.4, 0.5) is 0 Å². The fourth-order valence-electron chi connectivity index (χ4n) is 2.99. The standard InChI is InChI=1S/C11H23B/c1-2-6-11(9-10-12)7-4-3-5-8-11/h2-10,12H2,1H3. The average molecular weight is 166 g/mol. The molecule has 0 spiro atoms. The van der Waals surface area contributed by atoms with Crippen molar-refractivity contribution in [3.8, 4) is 0 Å². The maximum absolute atomic E-state index is 2.34. The van der Waals surface area contributed by atoms with Gasteiger partial charge in [0.1, 0.15) is 7.85 Å². The zero-order valence-corrected chi connectivity index (χ0v) is 8.86. The Morgan fingerprint density at radius 2 is 1.75 bits per heavy atom. The van der Waals surface area contributed by atoms with Crippen molar-refractivity contribution in [1.82, 2.24) is 0 Å². The summed E-state index contributed by atoms with van der Waals surface area (Å²) in [6, 6.07) is 0. The van der Waals surface area contributed by atoms with E-state index in [-0.39, 0.29) is 0 Å². The summed E-state index contributed by atoms with van der Waals surface area (Å²) in [6.07, 6.45) is 13.3. The van der Waals surface area contributed by atoms with Gasteiger partial charge in [0.15, 0.2) is 0 Å². The Labute approximate surface area is 78.5 Å². The van der Waals surface area contributed by atoms with Crippen molar-refractivity contribution in [3.63, 3.8) is 0 Å². The molecule has 0 amide bonds. The van der Waals surface area contributed by atoms with Crippen molar-refractivity contribution in [2.45, 2.75) is 64.6 Å². The minimum Gasteiger partial charge on any atom is -0.0805 e. The minimum atomic E-state index is 0.780. The van der Waals surface area contributed by atoms with E-state index in [1.165, 1.54) is 57.7 Å². The van der Waals surface area contributed by atoms with Gasteiger partial charge in [0.25, 0.3) is 0 Å². The van der Waals surface area contributed by atoms with Gasteiger partial charge in [-0.05, 0) is 24.7 Å². The largest absolute Gasteiger partial charge is 0.101 e. The molecule has 0 aliphatic heterocycles. The van der Waals surface area contributed by atoms with Crippen molar-refractivity contribution in [3.05, 3.63) is 0 Å². The van der Waals surface area contributed by atoms with Gasteiger partial charge in [0, 0.05) is 0 Å². The number of hydrogen-bond acceptors (Lipinski definition) is 0. The SMILES string of the molecule is BCCC1(CCC)CCCCC1. The van der Waals surface area contributed by atoms with Crippen LogP contribution in [0.15, 0.2) is 0 Å². The zero-order chi connectivity index (χ0) is 8.86. The third kappa shape index (κ3) is 2.53. The molecule has 0 unspecified atom stereocenters. The van der Waals surface area contributed by atoms with Crippen LogP contribution in [0.1, 0.15) is 58.3 Å². The molecule has 0 N–H and O–H groups in total. The zero-order valence-electron chi connectivity index (χ0n) is 8.86. The molecule has 0 atom stereocenters. The Bertz CT molecular complexity index is 98.7. The van der Waals surface area contributed by atoms with E-state index < -0.39 is 0 Å². The van der Waals surface area contributed by atoms with Gasteiger partial charge in [-0.15, -0.1) is 0 Å². The first-order chi connectivity index (χ1) is 5.83. The number of hydrogen-bond donors (Lipinski definition) is 0. The Kier molecular flexibility index (Phi) is 4.18. The van der Waals surface area contributed by atoms with Gasteiger partial charge in [-0.3, -0.25) is 0 Å². The van der Waals surface area contributed by atoms with Gasteiger partial charge in [0.05, 0.1) is 0 Å². The first-order valence-corrected chi connectivity index (χ1v) is 5.83. The summed E-state index contributed by atoms with van der Waals surface area (Å²) in [5.74, 6) is 0. The van der Waals surface area contributed by atoms with E-state index >= 15 is 0 Å². The highest BCUT2D eigenvalue weighted by atomic mass is 14.3. The van der Waals surface area contributed by atoms with Crippen molar-refractivity contribution < 1.29 is 0 Å². The quantitative estimate of drug-likeness (QED) is 0.562. The Balaban J connectivity index is 2.44. The lowest BCUT2D eigenvalue weighted by Gasteiger charge is -2.37. The lowest BCUT2D eigenvalue weighted by Crippen LogP contribution is -2.23. The highest BCUT2D eigenvalue weighted by Gasteiger charge is 2.29. The first kappa shape index (κ1) is 10.1. The maximum atomic E-state index is 2.34. The van der Waals surface area contributed by atoms with Crippen LogP contribution in [0.5, 0.6) is 0 Å². The van der Waals surface area contributed by atoms with Crippen LogP contribution in [0, 0.1) is 5.41 Å². The highest BCUT2D eigenvalue weighted by molar-refractivity contribution is 6.08. The Morgan fingerprint density at radius 1 is 1.08 bits per heavy atom. The van der Waals surface area contributed by atoms with E-state index in [1.54, 1.807) is 0 Å². The van der Waals surface area contributed by atoms with Crippen LogP contribution in [0.2, 0.25) is 6.32 Å². The molecule has 1 saturated carbocycles. The normalized spacial score (nSPS) is 22.4. The Hall–Kier alpha value is 0.0649. The molecule has 0 nitrogen and oxygen atoms in total. The summed E-state index contributed by atoms with van der Waals surface area (Å²) in [7, 11) is 2.34. The fourth-order valence-corrected chi connectivity index (χ4v) is 2.99. The summed E-state index contributed by atoms with van der Waals surface area (Å²) >= 11 is 0. The smallest absolute Gasteiger partial charge is 0.0805 e. The molecule has 0 aromatic heterocycles. The minimum absolute atomic E-state index is 0.780. The molecule has 0 aromatic rings. The summed E-state index contributed by atoms with van der Waals surface area (Å²) < 4.78 is 0. The topological polar surface area (TPSA) is 0 Å². The van der Waals surface area contributed by atoms with Gasteiger partial charge >= 0.3 is 0 Å². The molecular formula is C11H23B. The van der Waals surface area contributed by atoms with Gasteiger partial charge in [-0.1, -0.05) is 45.3 Å². The molecule has 1 fully saturated rings. The van der Waals surface area contributed by atoms with Crippen LogP contribution in [0.3, 0.4) is 0 Å². The van der Waals surface area contributed by atoms with Crippen molar-refractivity contribution in [2.24, 2.45) is 5.41 Å². The first-order valence-electron chi connectivity index (χ1n) is 5.83. The molecule has 0 bridgehead atoms. The second-order valence-corrected chi connectivity index (χ2v) is 4.56. The van der Waals surface area contributed by atoms with E-state index in [0.29, 0.717) is 0 Å². The molecule has 0 radical (unpaired) electrons. The molecule has 1 rings (SSSR count). The van der Waals surface area contributed by atoms with Crippen molar-refractivity contribution in [1.29, 1.82) is 0 Å². The van der Waals surface area contributed by atoms with Crippen LogP contribution in [0.25, 0.3) is 0 Å². The van der Waals surface area contributed by atoms with Crippen molar-refractivity contribution >= 4 is 7.85 Å². The molecule has 0 saturated heterocycles. The number of rotatable bonds is 4. The Morgan fingerprint density at radius 3 is 2.25 bits per heavy atom. The molecule has 12 heavy (non-hydrogen) atoms. The van der Waals surface area contributed by atoms with Gasteiger partial charge in [-0.25, -0.2) is 0 Å². The monoisotopic (exact) mass is 166 g/mol. The molecule has 70 valence electrons. The highest BCUT2D eigenvalue weighted by Crippen LogP contribution is 2.43. The third-order valence-electron chi connectivity index (χ3n) is 3.47. The molecule has 1 heteroatoms. The van der Waals surface area contributed by atoms with E-state index in [9.17, 15) is 0 Å². The average Bonchev–Trinajstić information content (AvgIpc) is 2.07. The molecule has 0 heterocycles. The third-order valence-corrected chi connectivity index (χ3v) is 3.47. The molecule has 1 aliphatic carbocycles. The fraction of sp³-hybridized carbons (Fsp3) is 1.00. The second kappa shape index (κ2) is 4.94. The van der Waals surface area contributed by atoms with E-state index in [4.69, 9.17) is 0 Å². The van der Waals surface area contributed by atoms with Crippen LogP contribution in [-0.4, -0.2) is 7.85 Å². The summed E-state index contributed by atoms with van der Waals surface area (Å²) in [5, 5.41) is 0. The maximum Gasteiger partial charge on any atom is 0.101 e. The van der Waals surface area contributed by atoms with Crippen LogP contribution < -0.4 is 0 Å². The summed E-state index contributed by atoms with van der Waals surface area (Å²) in [6.45, 7) is 2.34. The van der Waals surface area contributed by atoms with E-state index in [1.807, 2.05) is 0 Å². The van der Waals surface area contributed by atoms with E-state index in [2.05, 4.69) is 14.8 Å². The predicted molar refractivity (Wildman–Crippen MR) is 58.4 cm³/mol. The van der Waals surface area contributed by atoms with Crippen LogP contribution in [-0.2, 0) is 0 Å². The lowest BCUT2D eigenvalue weighted by molar-refractivity contribution is 0.164. The van der Waals surface area contributed by atoms with Gasteiger partial charge < -0.3 is 0 Å². The summed E-state index contributed by atoms with van der Waals surface area (Å²) in [5.41, 5.74) is 0.780. The molecule has 0 aromatic carbocycles. The predicted octanol–water partition coefficient (Wildman–Crippen LogP) is 3.18. The van der Waals surface area contributed by atoms with Gasteiger partial charge in [-0.2, -0.15) is 0 Å². The molecule has 1 aliphatic rings. The van der Waals surface area contributed by atoms with Gasteiger partial charge in [0.2, 0.25) is 0 Å². The second-order valence-electron chi connectivity index (χ2n) is 4.56. The van der Waals surface area contributed by atoms with E-state index in [0.717, 1.165) is 5.41 Å². The lowest BCUT2D eigenvalue weighted by atomic mass is 9.67. The molecular weight excluding hydrogens is 143 g/mol.